The zero-order valence-electron chi connectivity index (χ0n) is 10.8. The number of anilines is 1. The van der Waals surface area contributed by atoms with Crippen LogP contribution in [0.4, 0.5) is 5.95 Å². The van der Waals surface area contributed by atoms with Gasteiger partial charge in [0.05, 0.1) is 7.11 Å². The molecule has 5 heteroatoms. The molecule has 0 saturated carbocycles. The Morgan fingerprint density at radius 1 is 1.47 bits per heavy atom. The second kappa shape index (κ2) is 5.86. The van der Waals surface area contributed by atoms with Gasteiger partial charge in [0.2, 0.25) is 5.95 Å². The van der Waals surface area contributed by atoms with E-state index in [1.807, 2.05) is 31.3 Å². The number of rotatable bonds is 4. The molecular weight excluding hydrogens is 242 g/mol. The van der Waals surface area contributed by atoms with Crippen molar-refractivity contribution in [1.29, 1.82) is 0 Å². The summed E-state index contributed by atoms with van der Waals surface area (Å²) in [5.74, 6) is 1.05. The number of amides is 1. The molecule has 0 aliphatic carbocycles. The van der Waals surface area contributed by atoms with Crippen LogP contribution in [0.25, 0.3) is 6.08 Å². The molecule has 1 aromatic carbocycles. The molecule has 1 heterocycles. The summed E-state index contributed by atoms with van der Waals surface area (Å²) in [6.07, 6.45) is 6.58. The van der Waals surface area contributed by atoms with Gasteiger partial charge in [0.25, 0.3) is 5.91 Å². The van der Waals surface area contributed by atoms with E-state index in [9.17, 15) is 4.79 Å². The highest BCUT2D eigenvalue weighted by Gasteiger charge is 2.01. The van der Waals surface area contributed by atoms with Gasteiger partial charge in [-0.2, -0.15) is 0 Å². The topological polar surface area (TPSA) is 56.1 Å². The van der Waals surface area contributed by atoms with E-state index in [1.165, 1.54) is 6.08 Å². The lowest BCUT2D eigenvalue weighted by Gasteiger charge is -2.02. The number of nitrogens with zero attached hydrogens (tertiary/aromatic N) is 2. The molecule has 0 aliphatic heterocycles. The molecule has 0 spiro atoms. The molecule has 2 rings (SSSR count). The number of hydrogen-bond donors (Lipinski definition) is 1. The highest BCUT2D eigenvalue weighted by atomic mass is 16.5. The van der Waals surface area contributed by atoms with Crippen molar-refractivity contribution in [2.24, 2.45) is 7.05 Å². The minimum atomic E-state index is -0.225. The van der Waals surface area contributed by atoms with Crippen LogP contribution in [0, 0.1) is 0 Å². The number of imidazole rings is 1. The Bertz CT molecular complexity index is 602. The molecular formula is C14H15N3O2. The van der Waals surface area contributed by atoms with Gasteiger partial charge in [0, 0.05) is 25.5 Å². The van der Waals surface area contributed by atoms with Gasteiger partial charge in [-0.1, -0.05) is 12.1 Å². The lowest BCUT2D eigenvalue weighted by atomic mass is 10.2. The first-order chi connectivity index (χ1) is 9.19. The molecule has 5 nitrogen and oxygen atoms in total. The molecule has 2 aromatic rings. The molecule has 0 radical (unpaired) electrons. The highest BCUT2D eigenvalue weighted by molar-refractivity contribution is 6.00. The van der Waals surface area contributed by atoms with E-state index in [0.29, 0.717) is 5.95 Å². The lowest BCUT2D eigenvalue weighted by Crippen LogP contribution is -2.11. The Morgan fingerprint density at radius 2 is 2.32 bits per heavy atom. The summed E-state index contributed by atoms with van der Waals surface area (Å²) in [5.41, 5.74) is 0.898. The molecule has 0 unspecified atom stereocenters. The van der Waals surface area contributed by atoms with Crippen LogP contribution in [0.2, 0.25) is 0 Å². The summed E-state index contributed by atoms with van der Waals surface area (Å²) in [4.78, 5) is 15.7. The summed E-state index contributed by atoms with van der Waals surface area (Å²) in [6, 6.07) is 7.47. The van der Waals surface area contributed by atoms with Crippen LogP contribution in [0.1, 0.15) is 5.56 Å². The van der Waals surface area contributed by atoms with Crippen molar-refractivity contribution in [2.45, 2.75) is 0 Å². The number of nitrogens with one attached hydrogen (secondary N) is 1. The van der Waals surface area contributed by atoms with E-state index in [2.05, 4.69) is 10.3 Å². The van der Waals surface area contributed by atoms with Crippen LogP contribution in [0.3, 0.4) is 0 Å². The molecule has 1 N–H and O–H groups in total. The fourth-order valence-electron chi connectivity index (χ4n) is 1.56. The van der Waals surface area contributed by atoms with E-state index >= 15 is 0 Å². The second-order valence-corrected chi connectivity index (χ2v) is 3.96. The van der Waals surface area contributed by atoms with Crippen LogP contribution >= 0.6 is 0 Å². The van der Waals surface area contributed by atoms with Crippen molar-refractivity contribution in [1.82, 2.24) is 9.55 Å². The zero-order chi connectivity index (χ0) is 13.7. The number of ether oxygens (including phenoxy) is 1. The van der Waals surface area contributed by atoms with Crippen LogP contribution in [0.5, 0.6) is 5.75 Å². The number of methoxy groups -OCH3 is 1. The molecule has 0 saturated heterocycles. The monoisotopic (exact) mass is 257 g/mol. The summed E-state index contributed by atoms with van der Waals surface area (Å²) in [5, 5.41) is 2.68. The summed E-state index contributed by atoms with van der Waals surface area (Å²) < 4.78 is 6.85. The number of aryl methyl sites for hydroxylation is 1. The van der Waals surface area contributed by atoms with Gasteiger partial charge in [-0.15, -0.1) is 0 Å². The Hall–Kier alpha value is -2.56. The first-order valence-electron chi connectivity index (χ1n) is 5.79. The molecule has 1 amide bonds. The summed E-state index contributed by atoms with van der Waals surface area (Å²) >= 11 is 0. The Morgan fingerprint density at radius 3 is 3.00 bits per heavy atom. The first-order valence-corrected chi connectivity index (χ1v) is 5.79. The van der Waals surface area contributed by atoms with Crippen molar-refractivity contribution in [3.8, 4) is 5.75 Å². The predicted molar refractivity (Wildman–Crippen MR) is 73.9 cm³/mol. The first kappa shape index (κ1) is 12.9. The van der Waals surface area contributed by atoms with Crippen LogP contribution < -0.4 is 10.1 Å². The minimum Gasteiger partial charge on any atom is -0.497 e. The third-order valence-electron chi connectivity index (χ3n) is 2.58. The van der Waals surface area contributed by atoms with Crippen LogP contribution in [0.15, 0.2) is 42.7 Å². The molecule has 1 aromatic heterocycles. The number of benzene rings is 1. The Labute approximate surface area is 111 Å². The standard InChI is InChI=1S/C14H15N3O2/c1-17-9-8-15-14(17)16-13(18)7-6-11-4-3-5-12(10-11)19-2/h3-10H,1-2H3,(H,15,16,18)/b7-6+. The maximum atomic E-state index is 11.7. The van der Waals surface area contributed by atoms with Gasteiger partial charge in [0.15, 0.2) is 0 Å². The van der Waals surface area contributed by atoms with E-state index in [0.717, 1.165) is 11.3 Å². The van der Waals surface area contributed by atoms with Crippen molar-refractivity contribution in [3.63, 3.8) is 0 Å². The van der Waals surface area contributed by atoms with Gasteiger partial charge in [-0.3, -0.25) is 10.1 Å². The predicted octanol–water partition coefficient (Wildman–Crippen LogP) is 2.08. The average Bonchev–Trinajstić information content (AvgIpc) is 2.82. The van der Waals surface area contributed by atoms with E-state index in [1.54, 1.807) is 30.1 Å². The van der Waals surface area contributed by atoms with E-state index < -0.39 is 0 Å². The molecule has 19 heavy (non-hydrogen) atoms. The molecule has 0 atom stereocenters. The van der Waals surface area contributed by atoms with Gasteiger partial charge < -0.3 is 9.30 Å². The largest absolute Gasteiger partial charge is 0.497 e. The summed E-state index contributed by atoms with van der Waals surface area (Å²) in [7, 11) is 3.42. The van der Waals surface area contributed by atoms with Crippen LogP contribution in [-0.4, -0.2) is 22.6 Å². The number of aromatic nitrogens is 2. The average molecular weight is 257 g/mol. The maximum Gasteiger partial charge on any atom is 0.250 e. The highest BCUT2D eigenvalue weighted by Crippen LogP contribution is 2.13. The smallest absolute Gasteiger partial charge is 0.250 e. The van der Waals surface area contributed by atoms with E-state index in [-0.39, 0.29) is 5.91 Å². The van der Waals surface area contributed by atoms with E-state index in [4.69, 9.17) is 4.74 Å². The van der Waals surface area contributed by atoms with Gasteiger partial charge >= 0.3 is 0 Å². The van der Waals surface area contributed by atoms with Crippen molar-refractivity contribution < 1.29 is 9.53 Å². The molecule has 0 aliphatic rings. The molecule has 0 fully saturated rings. The quantitative estimate of drug-likeness (QED) is 0.853. The normalized spacial score (nSPS) is 10.6. The summed E-state index contributed by atoms with van der Waals surface area (Å²) in [6.45, 7) is 0. The Balaban J connectivity index is 2.02. The van der Waals surface area contributed by atoms with Crippen molar-refractivity contribution >= 4 is 17.9 Å². The van der Waals surface area contributed by atoms with Gasteiger partial charge in [-0.25, -0.2) is 4.98 Å². The van der Waals surface area contributed by atoms with Crippen LogP contribution in [-0.2, 0) is 11.8 Å². The third kappa shape index (κ3) is 3.45. The fourth-order valence-corrected chi connectivity index (χ4v) is 1.56. The Kier molecular flexibility index (Phi) is 3.97. The number of hydrogen-bond acceptors (Lipinski definition) is 3. The second-order valence-electron chi connectivity index (χ2n) is 3.96. The van der Waals surface area contributed by atoms with Gasteiger partial charge in [0.1, 0.15) is 5.75 Å². The lowest BCUT2D eigenvalue weighted by molar-refractivity contribution is -0.111. The maximum absolute atomic E-state index is 11.7. The zero-order valence-corrected chi connectivity index (χ0v) is 10.8. The fraction of sp³-hybridized carbons (Fsp3) is 0.143. The minimum absolute atomic E-state index is 0.225. The van der Waals surface area contributed by atoms with Crippen molar-refractivity contribution in [2.75, 3.05) is 12.4 Å². The number of carbonyl (C=O) groups is 1. The third-order valence-corrected chi connectivity index (χ3v) is 2.58. The van der Waals surface area contributed by atoms with Gasteiger partial charge in [-0.05, 0) is 23.8 Å². The number of carbonyl (C=O) groups excluding carboxylic acids is 1. The van der Waals surface area contributed by atoms with Crippen molar-refractivity contribution in [3.05, 3.63) is 48.3 Å². The molecule has 0 bridgehead atoms. The molecule has 98 valence electrons. The SMILES string of the molecule is COc1cccc(/C=C/C(=O)Nc2nccn2C)c1.